The van der Waals surface area contributed by atoms with Crippen molar-refractivity contribution in [2.45, 2.75) is 51.9 Å². The predicted molar refractivity (Wildman–Crippen MR) is 60.6 cm³/mol. The minimum absolute atomic E-state index is 0.0636. The fraction of sp³-hybridized carbons (Fsp3) is 0.917. The zero-order valence-electron chi connectivity index (χ0n) is 10.00. The molecule has 1 N–H and O–H groups in total. The molecule has 0 amide bonds. The van der Waals surface area contributed by atoms with Gasteiger partial charge in [0, 0.05) is 6.61 Å². The van der Waals surface area contributed by atoms with Crippen LogP contribution in [0.5, 0.6) is 0 Å². The van der Waals surface area contributed by atoms with Crippen molar-refractivity contribution in [1.82, 2.24) is 0 Å². The summed E-state index contributed by atoms with van der Waals surface area (Å²) in [6.07, 6.45) is 6.86. The smallest absolute Gasteiger partial charge is 0.308 e. The van der Waals surface area contributed by atoms with Crippen molar-refractivity contribution in [3.05, 3.63) is 0 Å². The van der Waals surface area contributed by atoms with E-state index < -0.39 is 0 Å². The molecule has 3 heteroatoms. The molecule has 0 saturated carbocycles. The lowest BCUT2D eigenvalue weighted by atomic mass is 9.95. The lowest BCUT2D eigenvalue weighted by Crippen LogP contribution is -2.16. The molecular formula is C12H24O3. The van der Waals surface area contributed by atoms with Gasteiger partial charge in [0.25, 0.3) is 0 Å². The molecule has 0 aromatic carbocycles. The number of hydrogen-bond acceptors (Lipinski definition) is 3. The quantitative estimate of drug-likeness (QED) is 0.476. The number of methoxy groups -OCH3 is 1. The van der Waals surface area contributed by atoms with Crippen LogP contribution >= 0.6 is 0 Å². The Balaban J connectivity index is 3.74. The summed E-state index contributed by atoms with van der Waals surface area (Å²) in [5.74, 6) is -0.0129. The van der Waals surface area contributed by atoms with Crippen LogP contribution in [0.2, 0.25) is 0 Å². The number of aliphatic hydroxyl groups excluding tert-OH is 1. The van der Waals surface area contributed by atoms with E-state index in [2.05, 4.69) is 6.92 Å². The maximum Gasteiger partial charge on any atom is 0.308 e. The van der Waals surface area contributed by atoms with Crippen LogP contribution in [0.25, 0.3) is 0 Å². The van der Waals surface area contributed by atoms with Gasteiger partial charge in [-0.25, -0.2) is 0 Å². The van der Waals surface area contributed by atoms with Crippen LogP contribution < -0.4 is 0 Å². The van der Waals surface area contributed by atoms with Crippen molar-refractivity contribution >= 4 is 5.97 Å². The standard InChI is InChI=1S/C12H24O3/c1-3-4-8-11(12(14)15-2)9-6-5-7-10-13/h11,13H,3-10H2,1-2H3. The fourth-order valence-electron chi connectivity index (χ4n) is 1.68. The SMILES string of the molecule is CCCCC(CCCCCO)C(=O)OC. The second-order valence-corrected chi connectivity index (χ2v) is 3.94. The molecule has 0 radical (unpaired) electrons. The Morgan fingerprint density at radius 2 is 1.87 bits per heavy atom. The van der Waals surface area contributed by atoms with Crippen molar-refractivity contribution in [2.24, 2.45) is 5.92 Å². The van der Waals surface area contributed by atoms with E-state index in [-0.39, 0.29) is 18.5 Å². The van der Waals surface area contributed by atoms with Crippen LogP contribution in [0.4, 0.5) is 0 Å². The van der Waals surface area contributed by atoms with Gasteiger partial charge in [-0.1, -0.05) is 32.6 Å². The summed E-state index contributed by atoms with van der Waals surface area (Å²) < 4.78 is 4.78. The average molecular weight is 216 g/mol. The van der Waals surface area contributed by atoms with Gasteiger partial charge < -0.3 is 9.84 Å². The number of rotatable bonds is 9. The van der Waals surface area contributed by atoms with Gasteiger partial charge in [-0.05, 0) is 19.3 Å². The molecule has 0 rings (SSSR count). The zero-order chi connectivity index (χ0) is 11.5. The number of carbonyl (C=O) groups is 1. The number of aliphatic hydroxyl groups is 1. The molecule has 0 spiro atoms. The van der Waals surface area contributed by atoms with Crippen LogP contribution in [0, 0.1) is 5.92 Å². The molecule has 0 aromatic rings. The Labute approximate surface area is 92.8 Å². The minimum Gasteiger partial charge on any atom is -0.469 e. The number of ether oxygens (including phenoxy) is 1. The van der Waals surface area contributed by atoms with Crippen LogP contribution in [0.3, 0.4) is 0 Å². The monoisotopic (exact) mass is 216 g/mol. The maximum atomic E-state index is 11.4. The lowest BCUT2D eigenvalue weighted by molar-refractivity contribution is -0.146. The van der Waals surface area contributed by atoms with Crippen molar-refractivity contribution < 1.29 is 14.6 Å². The van der Waals surface area contributed by atoms with Crippen molar-refractivity contribution in [2.75, 3.05) is 13.7 Å². The topological polar surface area (TPSA) is 46.5 Å². The molecule has 0 aliphatic heterocycles. The normalized spacial score (nSPS) is 12.5. The second-order valence-electron chi connectivity index (χ2n) is 3.94. The largest absolute Gasteiger partial charge is 0.469 e. The van der Waals surface area contributed by atoms with Gasteiger partial charge in [0.15, 0.2) is 0 Å². The first-order valence-corrected chi connectivity index (χ1v) is 5.95. The summed E-state index contributed by atoms with van der Waals surface area (Å²) in [4.78, 5) is 11.4. The summed E-state index contributed by atoms with van der Waals surface area (Å²) >= 11 is 0. The molecule has 3 nitrogen and oxygen atoms in total. The molecule has 0 aliphatic carbocycles. The van der Waals surface area contributed by atoms with Crippen LogP contribution in [0.1, 0.15) is 51.9 Å². The lowest BCUT2D eigenvalue weighted by Gasteiger charge is -2.13. The van der Waals surface area contributed by atoms with Crippen molar-refractivity contribution in [1.29, 1.82) is 0 Å². The van der Waals surface area contributed by atoms with Gasteiger partial charge in [-0.2, -0.15) is 0 Å². The summed E-state index contributed by atoms with van der Waals surface area (Å²) in [6.45, 7) is 2.37. The molecule has 0 aliphatic rings. The number of hydrogen-bond donors (Lipinski definition) is 1. The third-order valence-electron chi connectivity index (χ3n) is 2.65. The maximum absolute atomic E-state index is 11.4. The number of esters is 1. The molecule has 15 heavy (non-hydrogen) atoms. The van der Waals surface area contributed by atoms with E-state index in [4.69, 9.17) is 9.84 Å². The molecule has 0 aromatic heterocycles. The van der Waals surface area contributed by atoms with Gasteiger partial charge in [0.05, 0.1) is 13.0 Å². The third-order valence-corrected chi connectivity index (χ3v) is 2.65. The predicted octanol–water partition coefficient (Wildman–Crippen LogP) is 2.52. The Bertz CT molecular complexity index is 157. The second kappa shape index (κ2) is 9.97. The van der Waals surface area contributed by atoms with E-state index in [1.54, 1.807) is 0 Å². The van der Waals surface area contributed by atoms with E-state index in [0.29, 0.717) is 0 Å². The summed E-state index contributed by atoms with van der Waals surface area (Å²) in [7, 11) is 1.45. The summed E-state index contributed by atoms with van der Waals surface area (Å²) in [5, 5.41) is 8.64. The summed E-state index contributed by atoms with van der Waals surface area (Å²) in [5.41, 5.74) is 0. The molecule has 0 saturated heterocycles. The van der Waals surface area contributed by atoms with E-state index in [1.165, 1.54) is 7.11 Å². The number of unbranched alkanes of at least 4 members (excludes halogenated alkanes) is 3. The number of carbonyl (C=O) groups excluding carboxylic acids is 1. The van der Waals surface area contributed by atoms with Crippen LogP contribution in [-0.4, -0.2) is 24.8 Å². The van der Waals surface area contributed by atoms with Crippen molar-refractivity contribution in [3.63, 3.8) is 0 Å². The van der Waals surface area contributed by atoms with Gasteiger partial charge in [-0.15, -0.1) is 0 Å². The molecule has 90 valence electrons. The molecule has 0 fully saturated rings. The molecule has 0 bridgehead atoms. The molecule has 1 atom stereocenters. The molecule has 1 unspecified atom stereocenters. The highest BCUT2D eigenvalue weighted by atomic mass is 16.5. The molecule has 0 heterocycles. The fourth-order valence-corrected chi connectivity index (χ4v) is 1.68. The van der Waals surface area contributed by atoms with Gasteiger partial charge in [-0.3, -0.25) is 4.79 Å². The van der Waals surface area contributed by atoms with Gasteiger partial charge >= 0.3 is 5.97 Å². The Hall–Kier alpha value is -0.570. The first-order valence-electron chi connectivity index (χ1n) is 5.95. The van der Waals surface area contributed by atoms with Crippen LogP contribution in [0.15, 0.2) is 0 Å². The van der Waals surface area contributed by atoms with Crippen LogP contribution in [-0.2, 0) is 9.53 Å². The van der Waals surface area contributed by atoms with E-state index in [0.717, 1.165) is 44.9 Å². The van der Waals surface area contributed by atoms with E-state index in [1.807, 2.05) is 0 Å². The van der Waals surface area contributed by atoms with Crippen molar-refractivity contribution in [3.8, 4) is 0 Å². The third kappa shape index (κ3) is 7.37. The summed E-state index contributed by atoms with van der Waals surface area (Å²) in [6, 6.07) is 0. The highest BCUT2D eigenvalue weighted by molar-refractivity contribution is 5.72. The highest BCUT2D eigenvalue weighted by Crippen LogP contribution is 2.18. The Kier molecular flexibility index (Phi) is 9.59. The first-order chi connectivity index (χ1) is 7.26. The highest BCUT2D eigenvalue weighted by Gasteiger charge is 2.17. The zero-order valence-corrected chi connectivity index (χ0v) is 10.00. The molecular weight excluding hydrogens is 192 g/mol. The van der Waals surface area contributed by atoms with Gasteiger partial charge in [0.2, 0.25) is 0 Å². The van der Waals surface area contributed by atoms with E-state index >= 15 is 0 Å². The first kappa shape index (κ1) is 14.4. The Morgan fingerprint density at radius 1 is 1.20 bits per heavy atom. The average Bonchev–Trinajstić information content (AvgIpc) is 2.27. The Morgan fingerprint density at radius 3 is 2.40 bits per heavy atom. The van der Waals surface area contributed by atoms with Gasteiger partial charge in [0.1, 0.15) is 0 Å². The minimum atomic E-state index is -0.0764. The van der Waals surface area contributed by atoms with E-state index in [9.17, 15) is 4.79 Å².